The van der Waals surface area contributed by atoms with Crippen LogP contribution in [0.3, 0.4) is 0 Å². The van der Waals surface area contributed by atoms with Crippen LogP contribution in [0, 0.1) is 5.82 Å². The summed E-state index contributed by atoms with van der Waals surface area (Å²) < 4.78 is 18.5. The van der Waals surface area contributed by atoms with E-state index in [2.05, 4.69) is 19.2 Å². The molecule has 1 N–H and O–H groups in total. The van der Waals surface area contributed by atoms with Crippen LogP contribution in [0.25, 0.3) is 0 Å². The molecule has 1 saturated heterocycles. The van der Waals surface area contributed by atoms with Gasteiger partial charge in [-0.05, 0) is 47.9 Å². The van der Waals surface area contributed by atoms with E-state index >= 15 is 0 Å². The van der Waals surface area contributed by atoms with Crippen molar-refractivity contribution >= 4 is 17.5 Å². The summed E-state index contributed by atoms with van der Waals surface area (Å²) in [4.78, 5) is 25.8. The number of halogens is 1. The summed E-state index contributed by atoms with van der Waals surface area (Å²) in [6.07, 6.45) is 0.214. The molecule has 2 aromatic carbocycles. The normalized spacial score (nSPS) is 16.7. The molecule has 1 heterocycles. The van der Waals surface area contributed by atoms with Crippen LogP contribution in [0.1, 0.15) is 31.7 Å². The summed E-state index contributed by atoms with van der Waals surface area (Å²) >= 11 is 0. The molecule has 0 aliphatic carbocycles. The highest BCUT2D eigenvalue weighted by Gasteiger charge is 2.31. The van der Waals surface area contributed by atoms with Gasteiger partial charge in [0.2, 0.25) is 5.91 Å². The number of nitrogens with zero attached hydrogens (tertiary/aromatic N) is 1. The summed E-state index contributed by atoms with van der Waals surface area (Å²) in [6.45, 7) is 4.48. The third kappa shape index (κ3) is 4.84. The minimum Gasteiger partial charge on any atom is -0.484 e. The minimum atomic E-state index is -0.353. The highest BCUT2D eigenvalue weighted by Crippen LogP contribution is 2.22. The second-order valence-corrected chi connectivity index (χ2v) is 6.96. The molecule has 1 aliphatic heterocycles. The van der Waals surface area contributed by atoms with Crippen LogP contribution >= 0.6 is 0 Å². The summed E-state index contributed by atoms with van der Waals surface area (Å²) in [7, 11) is 0. The van der Waals surface area contributed by atoms with E-state index in [1.807, 2.05) is 24.3 Å². The van der Waals surface area contributed by atoms with Crippen LogP contribution in [0.15, 0.2) is 48.5 Å². The Morgan fingerprint density at radius 3 is 2.48 bits per heavy atom. The Labute approximate surface area is 158 Å². The van der Waals surface area contributed by atoms with Gasteiger partial charge < -0.3 is 15.0 Å². The van der Waals surface area contributed by atoms with Crippen LogP contribution < -0.4 is 15.0 Å². The lowest BCUT2D eigenvalue weighted by Crippen LogP contribution is -2.39. The lowest BCUT2D eigenvalue weighted by Gasteiger charge is -2.17. The zero-order chi connectivity index (χ0) is 19.4. The molecule has 1 fully saturated rings. The molecule has 6 heteroatoms. The molecule has 3 rings (SSSR count). The third-order valence-electron chi connectivity index (χ3n) is 4.55. The maximum atomic E-state index is 13.0. The molecule has 142 valence electrons. The lowest BCUT2D eigenvalue weighted by atomic mass is 10.0. The smallest absolute Gasteiger partial charge is 0.258 e. The number of hydrogen-bond donors (Lipinski definition) is 1. The van der Waals surface area contributed by atoms with Gasteiger partial charge in [-0.3, -0.25) is 9.59 Å². The first-order chi connectivity index (χ1) is 12.9. The monoisotopic (exact) mass is 370 g/mol. The van der Waals surface area contributed by atoms with E-state index in [4.69, 9.17) is 4.74 Å². The molecule has 0 saturated carbocycles. The van der Waals surface area contributed by atoms with Gasteiger partial charge in [0.15, 0.2) is 6.61 Å². The van der Waals surface area contributed by atoms with Gasteiger partial charge in [-0.1, -0.05) is 26.0 Å². The Morgan fingerprint density at radius 2 is 1.85 bits per heavy atom. The van der Waals surface area contributed by atoms with Crippen molar-refractivity contribution < 1.29 is 18.7 Å². The zero-order valence-electron chi connectivity index (χ0n) is 15.4. The zero-order valence-corrected chi connectivity index (χ0v) is 15.4. The predicted octanol–water partition coefficient (Wildman–Crippen LogP) is 3.25. The first-order valence-electron chi connectivity index (χ1n) is 9.00. The fraction of sp³-hybridized carbons (Fsp3) is 0.333. The Bertz CT molecular complexity index is 803. The van der Waals surface area contributed by atoms with E-state index in [1.54, 1.807) is 17.0 Å². The van der Waals surface area contributed by atoms with Gasteiger partial charge in [-0.2, -0.15) is 0 Å². The molecule has 27 heavy (non-hydrogen) atoms. The number of carbonyl (C=O) groups is 2. The van der Waals surface area contributed by atoms with Gasteiger partial charge in [0, 0.05) is 18.7 Å². The number of benzene rings is 2. The molecule has 0 spiro atoms. The maximum Gasteiger partial charge on any atom is 0.258 e. The topological polar surface area (TPSA) is 58.6 Å². The summed E-state index contributed by atoms with van der Waals surface area (Å²) in [5, 5.41) is 2.82. The first kappa shape index (κ1) is 18.9. The summed E-state index contributed by atoms with van der Waals surface area (Å²) in [5.41, 5.74) is 1.83. The summed E-state index contributed by atoms with van der Waals surface area (Å²) in [6, 6.07) is 13.1. The Hall–Kier alpha value is -2.89. The van der Waals surface area contributed by atoms with E-state index in [9.17, 15) is 14.0 Å². The van der Waals surface area contributed by atoms with E-state index in [0.717, 1.165) is 0 Å². The fourth-order valence-corrected chi connectivity index (χ4v) is 3.04. The number of amides is 2. The van der Waals surface area contributed by atoms with Gasteiger partial charge >= 0.3 is 0 Å². The van der Waals surface area contributed by atoms with Crippen molar-refractivity contribution in [1.82, 2.24) is 5.32 Å². The molecule has 0 radical (unpaired) electrons. The van der Waals surface area contributed by atoms with Gasteiger partial charge in [0.05, 0.1) is 6.04 Å². The van der Waals surface area contributed by atoms with E-state index in [-0.39, 0.29) is 36.7 Å². The van der Waals surface area contributed by atoms with E-state index in [1.165, 1.54) is 17.7 Å². The van der Waals surface area contributed by atoms with Crippen molar-refractivity contribution in [3.8, 4) is 5.75 Å². The standard InChI is InChI=1S/C21H23FN2O3/c1-14(2)15-3-9-19(10-4-15)27-13-20(25)23-17-11-21(26)24(12-17)18-7-5-16(22)6-8-18/h3-10,14,17H,11-13H2,1-2H3,(H,23,25)/t17-/m0/s1. The van der Waals surface area contributed by atoms with Crippen LogP contribution in [0.2, 0.25) is 0 Å². The fourth-order valence-electron chi connectivity index (χ4n) is 3.04. The Balaban J connectivity index is 1.49. The average Bonchev–Trinajstić information content (AvgIpc) is 3.01. The van der Waals surface area contributed by atoms with Crippen LogP contribution in [-0.4, -0.2) is 31.0 Å². The van der Waals surface area contributed by atoms with Crippen molar-refractivity contribution in [3.63, 3.8) is 0 Å². The second kappa shape index (κ2) is 8.20. The van der Waals surface area contributed by atoms with Crippen molar-refractivity contribution in [2.75, 3.05) is 18.1 Å². The van der Waals surface area contributed by atoms with Crippen molar-refractivity contribution in [2.45, 2.75) is 32.2 Å². The molecule has 0 bridgehead atoms. The SMILES string of the molecule is CC(C)c1ccc(OCC(=O)N[C@H]2CC(=O)N(c3ccc(F)cc3)C2)cc1. The Kier molecular flexibility index (Phi) is 5.74. The number of anilines is 1. The lowest BCUT2D eigenvalue weighted by molar-refractivity contribution is -0.123. The van der Waals surface area contributed by atoms with Crippen LogP contribution in [0.4, 0.5) is 10.1 Å². The van der Waals surface area contributed by atoms with Crippen molar-refractivity contribution in [2.24, 2.45) is 0 Å². The number of ether oxygens (including phenoxy) is 1. The van der Waals surface area contributed by atoms with Gasteiger partial charge in [-0.15, -0.1) is 0 Å². The van der Waals surface area contributed by atoms with Crippen molar-refractivity contribution in [3.05, 3.63) is 59.9 Å². The molecule has 5 nitrogen and oxygen atoms in total. The third-order valence-corrected chi connectivity index (χ3v) is 4.55. The molecule has 1 aliphatic rings. The number of rotatable bonds is 6. The van der Waals surface area contributed by atoms with Crippen LogP contribution in [0.5, 0.6) is 5.75 Å². The highest BCUT2D eigenvalue weighted by atomic mass is 19.1. The Morgan fingerprint density at radius 1 is 1.19 bits per heavy atom. The first-order valence-corrected chi connectivity index (χ1v) is 9.00. The average molecular weight is 370 g/mol. The number of carbonyl (C=O) groups excluding carboxylic acids is 2. The molecule has 0 unspecified atom stereocenters. The van der Waals surface area contributed by atoms with Gasteiger partial charge in [0.25, 0.3) is 5.91 Å². The highest BCUT2D eigenvalue weighted by molar-refractivity contribution is 5.96. The molecular formula is C21H23FN2O3. The maximum absolute atomic E-state index is 13.0. The van der Waals surface area contributed by atoms with Gasteiger partial charge in [-0.25, -0.2) is 4.39 Å². The van der Waals surface area contributed by atoms with Crippen molar-refractivity contribution in [1.29, 1.82) is 0 Å². The molecule has 2 amide bonds. The number of hydrogen-bond acceptors (Lipinski definition) is 3. The van der Waals surface area contributed by atoms with E-state index in [0.29, 0.717) is 23.9 Å². The minimum absolute atomic E-state index is 0.0999. The quantitative estimate of drug-likeness (QED) is 0.849. The predicted molar refractivity (Wildman–Crippen MR) is 101 cm³/mol. The molecule has 2 aromatic rings. The van der Waals surface area contributed by atoms with Crippen LogP contribution in [-0.2, 0) is 9.59 Å². The summed E-state index contributed by atoms with van der Waals surface area (Å²) in [5.74, 6) is 0.337. The largest absolute Gasteiger partial charge is 0.484 e. The van der Waals surface area contributed by atoms with Gasteiger partial charge in [0.1, 0.15) is 11.6 Å². The molecular weight excluding hydrogens is 347 g/mol. The molecule has 0 aromatic heterocycles. The van der Waals surface area contributed by atoms with E-state index < -0.39 is 0 Å². The second-order valence-electron chi connectivity index (χ2n) is 6.96. The number of nitrogens with one attached hydrogen (secondary N) is 1. The molecule has 1 atom stereocenters.